The Balaban J connectivity index is 1.68. The summed E-state index contributed by atoms with van der Waals surface area (Å²) in [7, 11) is 0. The first-order chi connectivity index (χ1) is 14.0. The zero-order valence-electron chi connectivity index (χ0n) is 16.3. The lowest BCUT2D eigenvalue weighted by molar-refractivity contribution is 0.0979. The van der Waals surface area contributed by atoms with Crippen molar-refractivity contribution < 1.29 is 9.59 Å². The van der Waals surface area contributed by atoms with Gasteiger partial charge in [-0.25, -0.2) is 0 Å². The lowest BCUT2D eigenvalue weighted by Gasteiger charge is -2.11. The fourth-order valence-electron chi connectivity index (χ4n) is 3.51. The standard InChI is InChI=1S/C24H23N3O2/c1-15-7-9-21-22(12-15)27-24(29)19-14-17(8-10-20(19)26-21)16-4-2-5-18(13-16)23(28)6-3-11-25/h2,4-5,7-10,12-14,26H,3,6,11,25H2,1H3,(H,27,29). The van der Waals surface area contributed by atoms with E-state index in [1.807, 2.05) is 67.6 Å². The van der Waals surface area contributed by atoms with E-state index in [0.29, 0.717) is 30.5 Å². The summed E-state index contributed by atoms with van der Waals surface area (Å²) in [5.41, 5.74) is 12.0. The highest BCUT2D eigenvalue weighted by Crippen LogP contribution is 2.34. The molecule has 0 aromatic heterocycles. The fraction of sp³-hybridized carbons (Fsp3) is 0.167. The topological polar surface area (TPSA) is 84.2 Å². The maximum absolute atomic E-state index is 12.8. The van der Waals surface area contributed by atoms with Crippen LogP contribution in [0.5, 0.6) is 0 Å². The molecule has 4 rings (SSSR count). The SMILES string of the molecule is Cc1ccc2c(c1)NC(=O)c1cc(-c3cccc(C(=O)CCCN)c3)ccc1N2. The van der Waals surface area contributed by atoms with Crippen LogP contribution in [0.25, 0.3) is 11.1 Å². The summed E-state index contributed by atoms with van der Waals surface area (Å²) in [5.74, 6) is -0.0776. The molecule has 4 N–H and O–H groups in total. The Hall–Kier alpha value is -3.44. The molecule has 1 amide bonds. The summed E-state index contributed by atoms with van der Waals surface area (Å²) in [5, 5.41) is 6.33. The van der Waals surface area contributed by atoms with Gasteiger partial charge in [-0.2, -0.15) is 0 Å². The van der Waals surface area contributed by atoms with Crippen LogP contribution in [-0.2, 0) is 0 Å². The second-order valence-electron chi connectivity index (χ2n) is 7.28. The third-order valence-corrected chi connectivity index (χ3v) is 5.08. The molecule has 5 heteroatoms. The van der Waals surface area contributed by atoms with Crippen LogP contribution in [0, 0.1) is 6.92 Å². The molecular weight excluding hydrogens is 362 g/mol. The first kappa shape index (κ1) is 18.9. The Morgan fingerprint density at radius 2 is 1.69 bits per heavy atom. The number of carbonyl (C=O) groups is 2. The van der Waals surface area contributed by atoms with Crippen molar-refractivity contribution in [2.75, 3.05) is 17.2 Å². The first-order valence-electron chi connectivity index (χ1n) is 9.72. The molecule has 0 unspecified atom stereocenters. The van der Waals surface area contributed by atoms with Crippen molar-refractivity contribution in [3.63, 3.8) is 0 Å². The van der Waals surface area contributed by atoms with Crippen LogP contribution in [0.1, 0.15) is 39.1 Å². The van der Waals surface area contributed by atoms with Gasteiger partial charge in [-0.1, -0.05) is 30.3 Å². The van der Waals surface area contributed by atoms with Gasteiger partial charge in [-0.3, -0.25) is 9.59 Å². The average Bonchev–Trinajstić information content (AvgIpc) is 2.87. The number of nitrogens with two attached hydrogens (primary N) is 1. The Labute approximate surface area is 169 Å². The summed E-state index contributed by atoms with van der Waals surface area (Å²) in [6.07, 6.45) is 1.11. The van der Waals surface area contributed by atoms with Crippen LogP contribution in [-0.4, -0.2) is 18.2 Å². The summed E-state index contributed by atoms with van der Waals surface area (Å²) in [6.45, 7) is 2.49. The van der Waals surface area contributed by atoms with Gasteiger partial charge in [0.05, 0.1) is 22.6 Å². The molecule has 5 nitrogen and oxygen atoms in total. The zero-order chi connectivity index (χ0) is 20.4. The van der Waals surface area contributed by atoms with Gasteiger partial charge >= 0.3 is 0 Å². The lowest BCUT2D eigenvalue weighted by atomic mass is 9.97. The normalized spacial score (nSPS) is 12.3. The quantitative estimate of drug-likeness (QED) is 0.546. The highest BCUT2D eigenvalue weighted by Gasteiger charge is 2.20. The van der Waals surface area contributed by atoms with Crippen LogP contribution in [0.15, 0.2) is 60.7 Å². The molecular formula is C24H23N3O2. The minimum absolute atomic E-state index is 0.0808. The molecule has 3 aromatic rings. The van der Waals surface area contributed by atoms with Crippen molar-refractivity contribution in [2.24, 2.45) is 5.73 Å². The summed E-state index contributed by atoms with van der Waals surface area (Å²) >= 11 is 0. The van der Waals surface area contributed by atoms with Gasteiger partial charge in [0.1, 0.15) is 0 Å². The number of hydrogen-bond donors (Lipinski definition) is 3. The van der Waals surface area contributed by atoms with Crippen molar-refractivity contribution in [3.05, 3.63) is 77.4 Å². The molecule has 0 aliphatic carbocycles. The molecule has 0 saturated heterocycles. The van der Waals surface area contributed by atoms with E-state index in [2.05, 4.69) is 10.6 Å². The van der Waals surface area contributed by atoms with Gasteiger partial charge in [0, 0.05) is 12.0 Å². The Morgan fingerprint density at radius 1 is 0.897 bits per heavy atom. The first-order valence-corrected chi connectivity index (χ1v) is 9.72. The molecule has 0 radical (unpaired) electrons. The number of ketones is 1. The van der Waals surface area contributed by atoms with Crippen molar-refractivity contribution in [3.8, 4) is 11.1 Å². The van der Waals surface area contributed by atoms with Gasteiger partial charge in [-0.15, -0.1) is 0 Å². The van der Waals surface area contributed by atoms with E-state index in [1.54, 1.807) is 0 Å². The monoisotopic (exact) mass is 385 g/mol. The highest BCUT2D eigenvalue weighted by molar-refractivity contribution is 6.12. The average molecular weight is 385 g/mol. The molecule has 0 saturated carbocycles. The third-order valence-electron chi connectivity index (χ3n) is 5.08. The number of carbonyl (C=O) groups excluding carboxylic acids is 2. The van der Waals surface area contributed by atoms with E-state index in [0.717, 1.165) is 33.8 Å². The summed E-state index contributed by atoms with van der Waals surface area (Å²) in [4.78, 5) is 25.2. The predicted octanol–water partition coefficient (Wildman–Crippen LogP) is 4.89. The van der Waals surface area contributed by atoms with Crippen molar-refractivity contribution in [2.45, 2.75) is 19.8 Å². The second kappa shape index (κ2) is 7.89. The van der Waals surface area contributed by atoms with E-state index >= 15 is 0 Å². The van der Waals surface area contributed by atoms with Crippen molar-refractivity contribution in [1.29, 1.82) is 0 Å². The van der Waals surface area contributed by atoms with Crippen LogP contribution >= 0.6 is 0 Å². The number of nitrogens with one attached hydrogen (secondary N) is 2. The predicted molar refractivity (Wildman–Crippen MR) is 117 cm³/mol. The van der Waals surface area contributed by atoms with Crippen LogP contribution < -0.4 is 16.4 Å². The molecule has 0 fully saturated rings. The zero-order valence-corrected chi connectivity index (χ0v) is 16.3. The lowest BCUT2D eigenvalue weighted by Crippen LogP contribution is -2.11. The molecule has 1 aliphatic heterocycles. The van der Waals surface area contributed by atoms with E-state index in [9.17, 15) is 9.59 Å². The maximum Gasteiger partial charge on any atom is 0.257 e. The maximum atomic E-state index is 12.8. The number of Topliss-reactive ketones (excluding diaryl/α,β-unsaturated/α-hetero) is 1. The summed E-state index contributed by atoms with van der Waals surface area (Å²) < 4.78 is 0. The molecule has 29 heavy (non-hydrogen) atoms. The molecule has 146 valence electrons. The Morgan fingerprint density at radius 3 is 2.52 bits per heavy atom. The number of fused-ring (bicyclic) bond motifs is 2. The molecule has 1 aliphatic rings. The van der Waals surface area contributed by atoms with Crippen molar-refractivity contribution >= 4 is 28.8 Å². The van der Waals surface area contributed by atoms with Gasteiger partial charge in [0.25, 0.3) is 5.91 Å². The van der Waals surface area contributed by atoms with Gasteiger partial charge in [0.15, 0.2) is 5.78 Å². The van der Waals surface area contributed by atoms with E-state index < -0.39 is 0 Å². The third kappa shape index (κ3) is 3.91. The van der Waals surface area contributed by atoms with E-state index in [4.69, 9.17) is 5.73 Å². The molecule has 1 heterocycles. The van der Waals surface area contributed by atoms with Crippen LogP contribution in [0.4, 0.5) is 17.1 Å². The Bertz CT molecular complexity index is 1110. The van der Waals surface area contributed by atoms with Gasteiger partial charge in [-0.05, 0) is 66.9 Å². The number of benzene rings is 3. The number of rotatable bonds is 5. The molecule has 3 aromatic carbocycles. The van der Waals surface area contributed by atoms with Gasteiger partial charge in [0.2, 0.25) is 0 Å². The fourth-order valence-corrected chi connectivity index (χ4v) is 3.51. The minimum Gasteiger partial charge on any atom is -0.353 e. The number of anilines is 3. The van der Waals surface area contributed by atoms with Gasteiger partial charge < -0.3 is 16.4 Å². The summed E-state index contributed by atoms with van der Waals surface area (Å²) in [6, 6.07) is 19.1. The van der Waals surface area contributed by atoms with E-state index in [1.165, 1.54) is 0 Å². The molecule has 0 atom stereocenters. The van der Waals surface area contributed by atoms with Crippen LogP contribution in [0.3, 0.4) is 0 Å². The number of hydrogen-bond acceptors (Lipinski definition) is 4. The largest absolute Gasteiger partial charge is 0.353 e. The van der Waals surface area contributed by atoms with Crippen molar-refractivity contribution in [1.82, 2.24) is 0 Å². The Kier molecular flexibility index (Phi) is 5.14. The number of amides is 1. The second-order valence-corrected chi connectivity index (χ2v) is 7.28. The smallest absolute Gasteiger partial charge is 0.257 e. The molecule has 0 bridgehead atoms. The van der Waals surface area contributed by atoms with Crippen LogP contribution in [0.2, 0.25) is 0 Å². The molecule has 0 spiro atoms. The number of aryl methyl sites for hydroxylation is 1. The van der Waals surface area contributed by atoms with E-state index in [-0.39, 0.29) is 11.7 Å². The minimum atomic E-state index is -0.158. The highest BCUT2D eigenvalue weighted by atomic mass is 16.1.